The largest absolute Gasteiger partial charge is 0.363 e. The summed E-state index contributed by atoms with van der Waals surface area (Å²) in [6.45, 7) is 1.59. The molecule has 0 spiro atoms. The quantitative estimate of drug-likeness (QED) is 0.637. The van der Waals surface area contributed by atoms with E-state index in [4.69, 9.17) is 0 Å². The van der Waals surface area contributed by atoms with Gasteiger partial charge in [0.05, 0.1) is 0 Å². The third-order valence-corrected chi connectivity index (χ3v) is 3.62. The Kier molecular flexibility index (Phi) is 4.50. The number of halogens is 1. The van der Waals surface area contributed by atoms with Crippen molar-refractivity contribution in [3.63, 3.8) is 0 Å². The second-order valence-corrected chi connectivity index (χ2v) is 5.30. The van der Waals surface area contributed by atoms with Crippen LogP contribution >= 0.6 is 0 Å². The molecular weight excluding hydrogens is 273 g/mol. The first kappa shape index (κ1) is 14.3. The van der Waals surface area contributed by atoms with Gasteiger partial charge in [-0.2, -0.15) is 0 Å². The molecule has 1 nitrogen and oxygen atoms in total. The average molecular weight is 291 g/mol. The maximum absolute atomic E-state index is 13.2. The lowest BCUT2D eigenvalue weighted by Crippen LogP contribution is -2.22. The second kappa shape index (κ2) is 6.90. The van der Waals surface area contributed by atoms with Crippen LogP contribution in [-0.2, 0) is 13.1 Å². The minimum atomic E-state index is -0.205. The van der Waals surface area contributed by atoms with Gasteiger partial charge in [-0.15, -0.1) is 0 Å². The maximum atomic E-state index is 13.2. The van der Waals surface area contributed by atoms with Crippen molar-refractivity contribution in [2.75, 3.05) is 4.90 Å². The van der Waals surface area contributed by atoms with E-state index in [1.54, 1.807) is 0 Å². The Morgan fingerprint density at radius 2 is 1.05 bits per heavy atom. The van der Waals surface area contributed by atoms with Gasteiger partial charge in [0, 0.05) is 18.8 Å². The molecule has 0 bridgehead atoms. The summed E-state index contributed by atoms with van der Waals surface area (Å²) >= 11 is 0. The van der Waals surface area contributed by atoms with Crippen molar-refractivity contribution < 1.29 is 4.39 Å². The van der Waals surface area contributed by atoms with Crippen LogP contribution in [-0.4, -0.2) is 0 Å². The summed E-state index contributed by atoms with van der Waals surface area (Å²) in [5.41, 5.74) is 3.50. The number of hydrogen-bond acceptors (Lipinski definition) is 1. The molecule has 0 saturated carbocycles. The molecule has 0 unspecified atom stereocenters. The van der Waals surface area contributed by atoms with Gasteiger partial charge in [-0.25, -0.2) is 4.39 Å². The van der Waals surface area contributed by atoms with Gasteiger partial charge < -0.3 is 4.90 Å². The first-order valence-electron chi connectivity index (χ1n) is 7.39. The van der Waals surface area contributed by atoms with Crippen molar-refractivity contribution in [2.24, 2.45) is 0 Å². The van der Waals surface area contributed by atoms with E-state index < -0.39 is 0 Å². The summed E-state index contributed by atoms with van der Waals surface area (Å²) in [6, 6.07) is 27.3. The van der Waals surface area contributed by atoms with Crippen LogP contribution < -0.4 is 4.90 Å². The summed E-state index contributed by atoms with van der Waals surface area (Å²) < 4.78 is 13.2. The van der Waals surface area contributed by atoms with Crippen molar-refractivity contribution >= 4 is 5.69 Å². The fourth-order valence-corrected chi connectivity index (χ4v) is 2.50. The molecule has 3 rings (SSSR count). The molecule has 0 fully saturated rings. The highest BCUT2D eigenvalue weighted by atomic mass is 19.1. The Morgan fingerprint density at radius 3 is 1.50 bits per heavy atom. The molecule has 22 heavy (non-hydrogen) atoms. The van der Waals surface area contributed by atoms with Crippen LogP contribution in [0, 0.1) is 5.82 Å². The van der Waals surface area contributed by atoms with E-state index in [0.29, 0.717) is 0 Å². The zero-order chi connectivity index (χ0) is 15.2. The van der Waals surface area contributed by atoms with Crippen LogP contribution in [0.1, 0.15) is 11.1 Å². The molecule has 0 amide bonds. The van der Waals surface area contributed by atoms with E-state index in [-0.39, 0.29) is 5.82 Å². The van der Waals surface area contributed by atoms with Crippen LogP contribution in [0.25, 0.3) is 0 Å². The second-order valence-electron chi connectivity index (χ2n) is 5.30. The molecule has 0 aromatic heterocycles. The zero-order valence-corrected chi connectivity index (χ0v) is 12.3. The van der Waals surface area contributed by atoms with Crippen LogP contribution in [0.2, 0.25) is 0 Å². The first-order chi connectivity index (χ1) is 10.8. The molecule has 0 saturated heterocycles. The van der Waals surface area contributed by atoms with Crippen LogP contribution in [0.15, 0.2) is 84.9 Å². The predicted octanol–water partition coefficient (Wildman–Crippen LogP) is 5.03. The number of hydrogen-bond donors (Lipinski definition) is 0. The lowest BCUT2D eigenvalue weighted by atomic mass is 10.1. The van der Waals surface area contributed by atoms with E-state index in [1.165, 1.54) is 23.3 Å². The number of rotatable bonds is 5. The predicted molar refractivity (Wildman–Crippen MR) is 89.2 cm³/mol. The van der Waals surface area contributed by atoms with Gasteiger partial charge >= 0.3 is 0 Å². The monoisotopic (exact) mass is 291 g/mol. The summed E-state index contributed by atoms with van der Waals surface area (Å²) in [6.07, 6.45) is 0. The Bertz CT molecular complexity index is 651. The normalized spacial score (nSPS) is 10.4. The highest BCUT2D eigenvalue weighted by molar-refractivity contribution is 5.47. The van der Waals surface area contributed by atoms with Crippen molar-refractivity contribution in [3.05, 3.63) is 102 Å². The van der Waals surface area contributed by atoms with E-state index in [9.17, 15) is 4.39 Å². The van der Waals surface area contributed by atoms with Gasteiger partial charge in [0.2, 0.25) is 0 Å². The third-order valence-electron chi connectivity index (χ3n) is 3.62. The minimum Gasteiger partial charge on any atom is -0.363 e. The topological polar surface area (TPSA) is 3.24 Å². The van der Waals surface area contributed by atoms with Crippen LogP contribution in [0.3, 0.4) is 0 Å². The summed E-state index contributed by atoms with van der Waals surface area (Å²) in [4.78, 5) is 2.25. The Morgan fingerprint density at radius 1 is 0.591 bits per heavy atom. The average Bonchev–Trinajstić information content (AvgIpc) is 2.57. The molecule has 0 aliphatic rings. The van der Waals surface area contributed by atoms with Crippen LogP contribution in [0.4, 0.5) is 10.1 Å². The Hall–Kier alpha value is -2.61. The van der Waals surface area contributed by atoms with Crippen molar-refractivity contribution in [1.29, 1.82) is 0 Å². The molecule has 0 atom stereocenters. The Balaban J connectivity index is 1.86. The summed E-state index contributed by atoms with van der Waals surface area (Å²) in [7, 11) is 0. The fraction of sp³-hybridized carbons (Fsp3) is 0.100. The number of nitrogens with zero attached hydrogens (tertiary/aromatic N) is 1. The lowest BCUT2D eigenvalue weighted by Gasteiger charge is -2.25. The molecule has 3 aromatic carbocycles. The zero-order valence-electron chi connectivity index (χ0n) is 12.3. The number of benzene rings is 3. The molecule has 0 radical (unpaired) electrons. The van der Waals surface area contributed by atoms with Crippen LogP contribution in [0.5, 0.6) is 0 Å². The fourth-order valence-electron chi connectivity index (χ4n) is 2.50. The van der Waals surface area contributed by atoms with Crippen molar-refractivity contribution in [2.45, 2.75) is 13.1 Å². The molecule has 2 heteroatoms. The molecule has 110 valence electrons. The van der Waals surface area contributed by atoms with Gasteiger partial charge in [-0.1, -0.05) is 60.7 Å². The van der Waals surface area contributed by atoms with E-state index in [0.717, 1.165) is 18.8 Å². The molecule has 0 heterocycles. The van der Waals surface area contributed by atoms with E-state index in [1.807, 2.05) is 48.5 Å². The lowest BCUT2D eigenvalue weighted by molar-refractivity contribution is 0.627. The summed E-state index contributed by atoms with van der Waals surface area (Å²) in [5, 5.41) is 0. The Labute approximate surface area is 130 Å². The van der Waals surface area contributed by atoms with Gasteiger partial charge in [0.1, 0.15) is 5.82 Å². The SMILES string of the molecule is Fc1ccc(N(Cc2ccccc2)Cc2ccccc2)cc1. The van der Waals surface area contributed by atoms with E-state index in [2.05, 4.69) is 29.2 Å². The van der Waals surface area contributed by atoms with Gasteiger partial charge in [-0.05, 0) is 35.4 Å². The number of anilines is 1. The first-order valence-corrected chi connectivity index (χ1v) is 7.39. The highest BCUT2D eigenvalue weighted by Crippen LogP contribution is 2.20. The molecule has 3 aromatic rings. The van der Waals surface area contributed by atoms with Crippen molar-refractivity contribution in [1.82, 2.24) is 0 Å². The van der Waals surface area contributed by atoms with Gasteiger partial charge in [-0.3, -0.25) is 0 Å². The molecule has 0 N–H and O–H groups in total. The summed E-state index contributed by atoms with van der Waals surface area (Å²) in [5.74, 6) is -0.205. The standard InChI is InChI=1S/C20H18FN/c21-19-11-13-20(14-12-19)22(15-17-7-3-1-4-8-17)16-18-9-5-2-6-10-18/h1-14H,15-16H2. The van der Waals surface area contributed by atoms with E-state index >= 15 is 0 Å². The third kappa shape index (κ3) is 3.73. The van der Waals surface area contributed by atoms with Gasteiger partial charge in [0.15, 0.2) is 0 Å². The maximum Gasteiger partial charge on any atom is 0.123 e. The van der Waals surface area contributed by atoms with Crippen molar-refractivity contribution in [3.8, 4) is 0 Å². The minimum absolute atomic E-state index is 0.205. The highest BCUT2D eigenvalue weighted by Gasteiger charge is 2.08. The molecule has 0 aliphatic carbocycles. The molecular formula is C20H18FN. The smallest absolute Gasteiger partial charge is 0.123 e. The van der Waals surface area contributed by atoms with Gasteiger partial charge in [0.25, 0.3) is 0 Å². The molecule has 0 aliphatic heterocycles.